The van der Waals surface area contributed by atoms with Crippen LogP contribution in [0.3, 0.4) is 0 Å². The molecule has 75 valence electrons. The first-order valence-corrected chi connectivity index (χ1v) is 1.15. The van der Waals surface area contributed by atoms with Crippen molar-refractivity contribution in [1.82, 2.24) is 0 Å². The van der Waals surface area contributed by atoms with Gasteiger partial charge in [-0.1, -0.05) is 0 Å². The van der Waals surface area contributed by atoms with Crippen molar-refractivity contribution in [2.75, 3.05) is 0 Å². The van der Waals surface area contributed by atoms with Gasteiger partial charge in [0.25, 0.3) is 0 Å². The Balaban J connectivity index is -0.000000000952. The second-order valence-corrected chi connectivity index (χ2v) is 0.245. The van der Waals surface area contributed by atoms with E-state index in [2.05, 4.69) is 0 Å². The Kier molecular flexibility index (Phi) is 6100. The van der Waals surface area contributed by atoms with Crippen LogP contribution < -0.4 is 0 Å². The van der Waals surface area contributed by atoms with Gasteiger partial charge in [-0.2, -0.15) is 0 Å². The first kappa shape index (κ1) is 166. The van der Waals surface area contributed by atoms with Crippen LogP contribution in [-0.2, 0) is 21.3 Å². The SMILES string of the molecule is O.O.O.O.O.O.O=PO.[Co]. The molecule has 0 aromatic carbocycles. The van der Waals surface area contributed by atoms with Crippen LogP contribution in [0, 0.1) is 0 Å². The van der Waals surface area contributed by atoms with Crippen LogP contribution in [0.2, 0.25) is 0 Å². The molecule has 13 N–H and O–H groups in total. The molecular weight excluding hydrogens is 218 g/mol. The van der Waals surface area contributed by atoms with Crippen molar-refractivity contribution in [1.29, 1.82) is 0 Å². The van der Waals surface area contributed by atoms with Gasteiger partial charge in [-0.15, -0.1) is 0 Å². The largest absolute Gasteiger partial charge is 0.412 e. The Morgan fingerprint density at radius 3 is 0.800 bits per heavy atom. The average molecular weight is 231 g/mol. The van der Waals surface area contributed by atoms with E-state index in [1.165, 1.54) is 0 Å². The molecule has 0 bridgehead atoms. The van der Waals surface area contributed by atoms with E-state index in [-0.39, 0.29) is 49.6 Å². The molecule has 0 heterocycles. The predicted octanol–water partition coefficient (Wildman–Crippen LogP) is -4.77. The summed E-state index contributed by atoms with van der Waals surface area (Å²) in [5.41, 5.74) is 0. The Bertz CT molecular complexity index is 16.7. The Morgan fingerprint density at radius 2 is 0.800 bits per heavy atom. The van der Waals surface area contributed by atoms with Crippen LogP contribution in [-0.4, -0.2) is 37.8 Å². The van der Waals surface area contributed by atoms with Crippen molar-refractivity contribution in [3.8, 4) is 0 Å². The maximum atomic E-state index is 8.46. The summed E-state index contributed by atoms with van der Waals surface area (Å²) in [5.74, 6) is 0. The summed E-state index contributed by atoms with van der Waals surface area (Å²) < 4.78 is 8.46. The molecule has 0 fully saturated rings. The zero-order valence-corrected chi connectivity index (χ0v) is 6.57. The van der Waals surface area contributed by atoms with Gasteiger partial charge in [0, 0.05) is 16.8 Å². The molecule has 1 radical (unpaired) electrons. The molecule has 0 aromatic rings. The third-order valence-corrected chi connectivity index (χ3v) is 0. The van der Waals surface area contributed by atoms with E-state index in [1.54, 1.807) is 0 Å². The van der Waals surface area contributed by atoms with Crippen LogP contribution in [0.15, 0.2) is 0 Å². The molecule has 0 aliphatic rings. The van der Waals surface area contributed by atoms with E-state index in [9.17, 15) is 0 Å². The van der Waals surface area contributed by atoms with Crippen LogP contribution in [0.5, 0.6) is 0 Å². The van der Waals surface area contributed by atoms with Gasteiger partial charge in [0.05, 0.1) is 0 Å². The molecule has 0 saturated heterocycles. The summed E-state index contributed by atoms with van der Waals surface area (Å²) in [6, 6.07) is 0. The van der Waals surface area contributed by atoms with E-state index >= 15 is 0 Å². The monoisotopic (exact) mass is 231 g/mol. The molecule has 0 amide bonds. The van der Waals surface area contributed by atoms with Gasteiger partial charge in [-0.3, -0.25) is 0 Å². The second-order valence-electron chi connectivity index (χ2n) is 0.0816. The van der Waals surface area contributed by atoms with Crippen molar-refractivity contribution in [3.63, 3.8) is 0 Å². The third-order valence-electron chi connectivity index (χ3n) is 0. The third kappa shape index (κ3) is 4190. The van der Waals surface area contributed by atoms with E-state index in [1.807, 2.05) is 0 Å². The van der Waals surface area contributed by atoms with Gasteiger partial charge in [-0.05, 0) is 0 Å². The minimum Gasteiger partial charge on any atom is -0.412 e. The van der Waals surface area contributed by atoms with E-state index in [4.69, 9.17) is 9.46 Å². The van der Waals surface area contributed by atoms with E-state index < -0.39 is 8.69 Å². The van der Waals surface area contributed by atoms with E-state index in [0.717, 1.165) is 0 Å². The normalized spacial score (nSPS) is 2.10. The molecule has 0 atom stereocenters. The van der Waals surface area contributed by atoms with Crippen molar-refractivity contribution >= 4 is 8.69 Å². The van der Waals surface area contributed by atoms with Gasteiger partial charge in [0.1, 0.15) is 0 Å². The zero-order chi connectivity index (χ0) is 2.71. The van der Waals surface area contributed by atoms with Crippen LogP contribution in [0.1, 0.15) is 0 Å². The summed E-state index contributed by atoms with van der Waals surface area (Å²) >= 11 is 0. The molecule has 0 rings (SSSR count). The summed E-state index contributed by atoms with van der Waals surface area (Å²) in [6.07, 6.45) is 0. The Labute approximate surface area is 68.6 Å². The smallest absolute Gasteiger partial charge is 0.324 e. The van der Waals surface area contributed by atoms with Crippen LogP contribution in [0.4, 0.5) is 0 Å². The first-order chi connectivity index (χ1) is 1.41. The fourth-order valence-electron chi connectivity index (χ4n) is 0. The van der Waals surface area contributed by atoms with Crippen molar-refractivity contribution in [3.05, 3.63) is 0 Å². The van der Waals surface area contributed by atoms with Gasteiger partial charge in [0.2, 0.25) is 0 Å². The standard InChI is InChI=1S/Co.HO2P.6H2O/c;1-3-2;;;;;;/h;(H,1,2);6*1H2. The van der Waals surface area contributed by atoms with Gasteiger partial charge in [-0.25, -0.2) is 4.57 Å². The number of hydrogen-bond acceptors (Lipinski definition) is 1. The molecule has 0 aliphatic carbocycles. The van der Waals surface area contributed by atoms with Crippen molar-refractivity contribution < 1.29 is 59.1 Å². The van der Waals surface area contributed by atoms with Gasteiger partial charge >= 0.3 is 8.69 Å². The molecule has 10 heavy (non-hydrogen) atoms. The van der Waals surface area contributed by atoms with Gasteiger partial charge < -0.3 is 37.8 Å². The molecule has 0 unspecified atom stereocenters. The molecule has 0 spiro atoms. The maximum absolute atomic E-state index is 8.46. The van der Waals surface area contributed by atoms with Gasteiger partial charge in [0.15, 0.2) is 0 Å². The summed E-state index contributed by atoms with van der Waals surface area (Å²) in [4.78, 5) is 6.99. The molecule has 0 aromatic heterocycles. The minimum atomic E-state index is -0.833. The Morgan fingerprint density at radius 1 is 0.800 bits per heavy atom. The predicted molar refractivity (Wildman–Crippen MR) is 31.5 cm³/mol. The van der Waals surface area contributed by atoms with Crippen molar-refractivity contribution in [2.45, 2.75) is 0 Å². The topological polar surface area (TPSA) is 226 Å². The fourth-order valence-corrected chi connectivity index (χ4v) is 0. The summed E-state index contributed by atoms with van der Waals surface area (Å²) in [5, 5.41) is 0. The molecule has 8 nitrogen and oxygen atoms in total. The van der Waals surface area contributed by atoms with E-state index in [0.29, 0.717) is 0 Å². The fraction of sp³-hybridized carbons (Fsp3) is 0. The Hall–Kier alpha value is 0.326. The van der Waals surface area contributed by atoms with Crippen LogP contribution >= 0.6 is 8.69 Å². The number of rotatable bonds is 0. The molecule has 0 saturated carbocycles. The summed E-state index contributed by atoms with van der Waals surface area (Å²) in [6.45, 7) is 0. The van der Waals surface area contributed by atoms with Crippen LogP contribution in [0.25, 0.3) is 0 Å². The molecule has 0 aliphatic heterocycles. The maximum Gasteiger partial charge on any atom is 0.324 e. The number of hydrogen-bond donors (Lipinski definition) is 1. The van der Waals surface area contributed by atoms with Crippen molar-refractivity contribution in [2.24, 2.45) is 0 Å². The molecule has 10 heteroatoms. The average Bonchev–Trinajstić information content (AvgIpc) is 0.918. The molecular formula is H13CoO8P. The minimum absolute atomic E-state index is 0. The quantitative estimate of drug-likeness (QED) is 0.404. The second kappa shape index (κ2) is 367. The zero-order valence-electron chi connectivity index (χ0n) is 4.64. The summed E-state index contributed by atoms with van der Waals surface area (Å²) in [7, 11) is -0.833. The first-order valence-electron chi connectivity index (χ1n) is 0.383.